The van der Waals surface area contributed by atoms with Crippen LogP contribution < -0.4 is 0 Å². The Labute approximate surface area is 210 Å². The van der Waals surface area contributed by atoms with Gasteiger partial charge in [0.25, 0.3) is 0 Å². The van der Waals surface area contributed by atoms with Gasteiger partial charge in [-0.3, -0.25) is 9.55 Å². The second kappa shape index (κ2) is 8.30. The molecule has 0 radical (unpaired) electrons. The summed E-state index contributed by atoms with van der Waals surface area (Å²) in [7, 11) is 0. The topological polar surface area (TPSA) is 52.3 Å². The lowest BCUT2D eigenvalue weighted by Crippen LogP contribution is -2.26. The van der Waals surface area contributed by atoms with Gasteiger partial charge < -0.3 is 4.74 Å². The number of ether oxygens (including phenoxy) is 1. The quantitative estimate of drug-likeness (QED) is 0.286. The van der Waals surface area contributed by atoms with E-state index in [-0.39, 0.29) is 6.10 Å². The molecule has 0 amide bonds. The number of hydrogen-bond donors (Lipinski definition) is 0. The molecule has 1 aliphatic heterocycles. The fraction of sp³-hybridized carbons (Fsp3) is 0.258. The summed E-state index contributed by atoms with van der Waals surface area (Å²) in [6, 6.07) is 23.8. The summed E-state index contributed by atoms with van der Waals surface area (Å²) in [5, 5.41) is 2.41. The van der Waals surface area contributed by atoms with E-state index in [4.69, 9.17) is 14.7 Å². The third-order valence-electron chi connectivity index (χ3n) is 7.51. The lowest BCUT2D eigenvalue weighted by molar-refractivity contribution is 0.153. The number of hydrogen-bond acceptors (Lipinski definition) is 4. The number of pyridine rings is 2. The Hall–Kier alpha value is -3.99. The summed E-state index contributed by atoms with van der Waals surface area (Å²) >= 11 is 0. The van der Waals surface area contributed by atoms with Crippen LogP contribution in [0.5, 0.6) is 0 Å². The van der Waals surface area contributed by atoms with E-state index in [2.05, 4.69) is 77.1 Å². The van der Waals surface area contributed by atoms with Crippen molar-refractivity contribution in [2.75, 3.05) is 0 Å². The first kappa shape index (κ1) is 21.3. The third-order valence-corrected chi connectivity index (χ3v) is 7.51. The van der Waals surface area contributed by atoms with Gasteiger partial charge in [0.2, 0.25) is 5.90 Å². The SMILES string of the molecule is Cc1ccnc(-c2ccc3c4ccccc4n(-c4cc(C5=N[C@H]6CCCC[C@@H]6O5)cc(C)n4)c3c2)c1. The van der Waals surface area contributed by atoms with Crippen LogP contribution in [0, 0.1) is 13.8 Å². The molecule has 3 aromatic heterocycles. The Balaban J connectivity index is 1.42. The van der Waals surface area contributed by atoms with Crippen LogP contribution in [0.1, 0.15) is 42.5 Å². The van der Waals surface area contributed by atoms with Crippen molar-refractivity contribution < 1.29 is 4.74 Å². The minimum Gasteiger partial charge on any atom is -0.472 e. The van der Waals surface area contributed by atoms with Crippen LogP contribution in [0.2, 0.25) is 0 Å². The summed E-state index contributed by atoms with van der Waals surface area (Å²) in [6.45, 7) is 4.15. The van der Waals surface area contributed by atoms with Crippen molar-refractivity contribution >= 4 is 27.7 Å². The van der Waals surface area contributed by atoms with E-state index in [0.717, 1.165) is 58.1 Å². The van der Waals surface area contributed by atoms with Crippen LogP contribution in [0.3, 0.4) is 0 Å². The highest BCUT2D eigenvalue weighted by Crippen LogP contribution is 2.35. The molecule has 5 nitrogen and oxygen atoms in total. The molecule has 36 heavy (non-hydrogen) atoms. The number of aryl methyl sites for hydroxylation is 2. The molecule has 1 saturated carbocycles. The first-order valence-electron chi connectivity index (χ1n) is 12.8. The Morgan fingerprint density at radius 2 is 1.69 bits per heavy atom. The molecule has 2 aliphatic rings. The van der Waals surface area contributed by atoms with Crippen LogP contribution in [-0.4, -0.2) is 32.6 Å². The molecule has 1 fully saturated rings. The lowest BCUT2D eigenvalue weighted by atomic mass is 9.94. The number of aromatic nitrogens is 3. The van der Waals surface area contributed by atoms with Crippen molar-refractivity contribution in [3.8, 4) is 17.1 Å². The van der Waals surface area contributed by atoms with E-state index in [1.807, 2.05) is 19.2 Å². The Morgan fingerprint density at radius 1 is 0.833 bits per heavy atom. The largest absolute Gasteiger partial charge is 0.472 e. The molecular formula is C31H28N4O. The predicted octanol–water partition coefficient (Wildman–Crippen LogP) is 6.95. The molecule has 0 spiro atoms. The van der Waals surface area contributed by atoms with E-state index in [9.17, 15) is 0 Å². The van der Waals surface area contributed by atoms with Crippen LogP contribution in [0.15, 0.2) is 77.9 Å². The molecule has 0 unspecified atom stereocenters. The van der Waals surface area contributed by atoms with E-state index in [1.165, 1.54) is 29.2 Å². The fourth-order valence-corrected chi connectivity index (χ4v) is 5.79. The minimum atomic E-state index is 0.225. The summed E-state index contributed by atoms with van der Waals surface area (Å²) in [5.74, 6) is 1.65. The molecule has 2 aromatic carbocycles. The smallest absolute Gasteiger partial charge is 0.217 e. The monoisotopic (exact) mass is 472 g/mol. The molecule has 0 bridgehead atoms. The second-order valence-electron chi connectivity index (χ2n) is 10.1. The molecule has 7 rings (SSSR count). The highest BCUT2D eigenvalue weighted by atomic mass is 16.5. The Bertz CT molecular complexity index is 1660. The fourth-order valence-electron chi connectivity index (χ4n) is 5.79. The van der Waals surface area contributed by atoms with Crippen molar-refractivity contribution in [3.05, 3.63) is 89.7 Å². The Kier molecular flexibility index (Phi) is 4.91. The van der Waals surface area contributed by atoms with Crippen molar-refractivity contribution in [1.29, 1.82) is 0 Å². The highest BCUT2D eigenvalue weighted by molar-refractivity contribution is 6.10. The van der Waals surface area contributed by atoms with E-state index < -0.39 is 0 Å². The summed E-state index contributed by atoms with van der Waals surface area (Å²) in [6.07, 6.45) is 6.78. The van der Waals surface area contributed by atoms with Crippen molar-refractivity contribution in [2.24, 2.45) is 4.99 Å². The van der Waals surface area contributed by atoms with E-state index in [1.54, 1.807) is 0 Å². The van der Waals surface area contributed by atoms with Crippen molar-refractivity contribution in [1.82, 2.24) is 14.5 Å². The van der Waals surface area contributed by atoms with Gasteiger partial charge in [0.05, 0.1) is 22.8 Å². The van der Waals surface area contributed by atoms with Gasteiger partial charge in [-0.1, -0.05) is 36.8 Å². The van der Waals surface area contributed by atoms with Gasteiger partial charge in [0, 0.05) is 33.8 Å². The van der Waals surface area contributed by atoms with Gasteiger partial charge in [-0.05, 0) is 75.1 Å². The van der Waals surface area contributed by atoms with Gasteiger partial charge in [0.1, 0.15) is 11.9 Å². The van der Waals surface area contributed by atoms with Gasteiger partial charge >= 0.3 is 0 Å². The number of fused-ring (bicyclic) bond motifs is 4. The third kappa shape index (κ3) is 3.49. The minimum absolute atomic E-state index is 0.225. The standard InChI is InChI=1S/C31H28N4O/c1-19-13-14-32-26(15-19)21-11-12-24-23-7-3-5-9-27(23)35(28(24)17-21)30-18-22(16-20(2)33-30)31-34-25-8-4-6-10-29(25)36-31/h3,5,7,9,11-18,25,29H,4,6,8,10H2,1-2H3/t25-,29-/m0/s1. The van der Waals surface area contributed by atoms with Crippen LogP contribution in [0.4, 0.5) is 0 Å². The van der Waals surface area contributed by atoms with Gasteiger partial charge in [0.15, 0.2) is 0 Å². The van der Waals surface area contributed by atoms with E-state index >= 15 is 0 Å². The van der Waals surface area contributed by atoms with Crippen molar-refractivity contribution in [3.63, 3.8) is 0 Å². The number of rotatable bonds is 3. The molecule has 4 heterocycles. The maximum absolute atomic E-state index is 6.35. The second-order valence-corrected chi connectivity index (χ2v) is 10.1. The number of aliphatic imine (C=N–C) groups is 1. The van der Waals surface area contributed by atoms with Gasteiger partial charge in [-0.2, -0.15) is 0 Å². The first-order chi connectivity index (χ1) is 17.6. The van der Waals surface area contributed by atoms with E-state index in [0.29, 0.717) is 6.04 Å². The van der Waals surface area contributed by atoms with Crippen molar-refractivity contribution in [2.45, 2.75) is 51.7 Å². The highest BCUT2D eigenvalue weighted by Gasteiger charge is 2.33. The number of benzene rings is 2. The van der Waals surface area contributed by atoms with Crippen LogP contribution in [-0.2, 0) is 4.74 Å². The zero-order valence-corrected chi connectivity index (χ0v) is 20.6. The van der Waals surface area contributed by atoms with Crippen LogP contribution >= 0.6 is 0 Å². The number of nitrogens with zero attached hydrogens (tertiary/aromatic N) is 4. The molecular weight excluding hydrogens is 444 g/mol. The molecule has 5 aromatic rings. The average molecular weight is 473 g/mol. The van der Waals surface area contributed by atoms with Gasteiger partial charge in [-0.15, -0.1) is 0 Å². The lowest BCUT2D eigenvalue weighted by Gasteiger charge is -2.22. The summed E-state index contributed by atoms with van der Waals surface area (Å²) < 4.78 is 8.61. The zero-order valence-electron chi connectivity index (χ0n) is 20.6. The molecule has 0 N–H and O–H groups in total. The number of para-hydroxylation sites is 1. The zero-order chi connectivity index (χ0) is 24.2. The molecule has 178 valence electrons. The summed E-state index contributed by atoms with van der Waals surface area (Å²) in [4.78, 5) is 14.6. The molecule has 5 heteroatoms. The average Bonchev–Trinajstić information content (AvgIpc) is 3.47. The van der Waals surface area contributed by atoms with Gasteiger partial charge in [-0.25, -0.2) is 9.98 Å². The molecule has 0 saturated heterocycles. The molecule has 2 atom stereocenters. The molecule has 1 aliphatic carbocycles. The normalized spacial score (nSPS) is 19.3. The Morgan fingerprint density at radius 3 is 2.58 bits per heavy atom. The summed E-state index contributed by atoms with van der Waals surface area (Å²) in [5.41, 5.74) is 7.47. The van der Waals surface area contributed by atoms with Crippen LogP contribution in [0.25, 0.3) is 38.9 Å². The maximum Gasteiger partial charge on any atom is 0.217 e. The predicted molar refractivity (Wildman–Crippen MR) is 145 cm³/mol. The maximum atomic E-state index is 6.35. The first-order valence-corrected chi connectivity index (χ1v) is 12.8.